The molecule has 0 spiro atoms. The van der Waals surface area contributed by atoms with E-state index < -0.39 is 0 Å². The second-order valence-corrected chi connectivity index (χ2v) is 8.60. The molecule has 1 aliphatic heterocycles. The summed E-state index contributed by atoms with van der Waals surface area (Å²) in [6.45, 7) is 5.37. The van der Waals surface area contributed by atoms with Crippen LogP contribution in [0.2, 0.25) is 15.1 Å². The van der Waals surface area contributed by atoms with Gasteiger partial charge in [-0.3, -0.25) is 19.2 Å². The number of hydrogen-bond donors (Lipinski definition) is 0. The minimum Gasteiger partial charge on any atom is -0.298 e. The Balaban J connectivity index is 1.83. The average molecular weight is 464 g/mol. The van der Waals surface area contributed by atoms with E-state index in [1.165, 1.54) is 0 Å². The van der Waals surface area contributed by atoms with Crippen molar-refractivity contribution in [3.63, 3.8) is 0 Å². The first-order chi connectivity index (χ1) is 14.4. The summed E-state index contributed by atoms with van der Waals surface area (Å²) in [5.41, 5.74) is 3.21. The van der Waals surface area contributed by atoms with Gasteiger partial charge in [-0.25, -0.2) is 4.98 Å². The second kappa shape index (κ2) is 8.60. The highest BCUT2D eigenvalue weighted by Gasteiger charge is 2.28. The molecule has 0 radical (unpaired) electrons. The summed E-state index contributed by atoms with van der Waals surface area (Å²) in [6.07, 6.45) is 0.630. The summed E-state index contributed by atoms with van der Waals surface area (Å²) >= 11 is 18.9. The van der Waals surface area contributed by atoms with Gasteiger partial charge in [0.05, 0.1) is 13.3 Å². The van der Waals surface area contributed by atoms with E-state index >= 15 is 0 Å². The van der Waals surface area contributed by atoms with Crippen LogP contribution in [0.15, 0.2) is 47.3 Å². The molecule has 8 heteroatoms. The van der Waals surface area contributed by atoms with E-state index in [9.17, 15) is 4.79 Å². The molecule has 0 bridgehead atoms. The van der Waals surface area contributed by atoms with E-state index in [0.29, 0.717) is 47.3 Å². The van der Waals surface area contributed by atoms with Crippen molar-refractivity contribution in [2.45, 2.75) is 33.5 Å². The largest absolute Gasteiger partial charge is 0.298 e. The number of hydrogen-bond acceptors (Lipinski definition) is 4. The van der Waals surface area contributed by atoms with Gasteiger partial charge in [0.1, 0.15) is 0 Å². The molecule has 5 nitrogen and oxygen atoms in total. The van der Waals surface area contributed by atoms with Crippen molar-refractivity contribution < 1.29 is 0 Å². The lowest BCUT2D eigenvalue weighted by Gasteiger charge is -2.38. The van der Waals surface area contributed by atoms with E-state index in [2.05, 4.69) is 4.90 Å². The molecule has 0 fully saturated rings. The van der Waals surface area contributed by atoms with Crippen molar-refractivity contribution in [1.29, 1.82) is 0 Å². The van der Waals surface area contributed by atoms with Gasteiger partial charge in [0.25, 0.3) is 5.56 Å². The molecule has 0 amide bonds. The minimum absolute atomic E-state index is 0.0259. The predicted molar refractivity (Wildman–Crippen MR) is 123 cm³/mol. The molecular formula is C22H21Cl3N4O. The van der Waals surface area contributed by atoms with Gasteiger partial charge in [-0.15, -0.1) is 0 Å². The number of benzene rings is 2. The topological polar surface area (TPSA) is 41.4 Å². The van der Waals surface area contributed by atoms with Gasteiger partial charge in [0.2, 0.25) is 5.95 Å². The van der Waals surface area contributed by atoms with E-state index in [1.807, 2.05) is 55.1 Å². The van der Waals surface area contributed by atoms with Crippen LogP contribution < -0.4 is 10.5 Å². The van der Waals surface area contributed by atoms with Gasteiger partial charge in [0.15, 0.2) is 0 Å². The smallest absolute Gasteiger partial charge is 0.259 e. The fraction of sp³-hybridized carbons (Fsp3) is 0.273. The van der Waals surface area contributed by atoms with Crippen molar-refractivity contribution in [2.24, 2.45) is 0 Å². The normalized spacial score (nSPS) is 14.1. The van der Waals surface area contributed by atoms with Crippen LogP contribution in [0.5, 0.6) is 0 Å². The quantitative estimate of drug-likeness (QED) is 0.502. The van der Waals surface area contributed by atoms with Gasteiger partial charge in [-0.05, 0) is 43.2 Å². The van der Waals surface area contributed by atoms with Crippen LogP contribution in [-0.4, -0.2) is 21.1 Å². The minimum atomic E-state index is -0.0259. The van der Waals surface area contributed by atoms with Crippen LogP contribution in [0, 0.1) is 6.92 Å². The molecule has 0 aliphatic carbocycles. The summed E-state index contributed by atoms with van der Waals surface area (Å²) in [7, 11) is 0. The zero-order valence-electron chi connectivity index (χ0n) is 16.7. The van der Waals surface area contributed by atoms with Gasteiger partial charge in [0, 0.05) is 38.6 Å². The third kappa shape index (κ3) is 4.08. The molecule has 4 rings (SSSR count). The van der Waals surface area contributed by atoms with Crippen molar-refractivity contribution in [3.8, 4) is 0 Å². The first-order valence-electron chi connectivity index (χ1n) is 9.67. The van der Waals surface area contributed by atoms with Gasteiger partial charge >= 0.3 is 0 Å². The van der Waals surface area contributed by atoms with E-state index in [0.717, 1.165) is 22.5 Å². The third-order valence-corrected chi connectivity index (χ3v) is 6.04. The van der Waals surface area contributed by atoms with E-state index in [4.69, 9.17) is 39.8 Å². The van der Waals surface area contributed by atoms with Crippen molar-refractivity contribution >= 4 is 46.4 Å². The molecule has 0 saturated carbocycles. The van der Waals surface area contributed by atoms with Crippen LogP contribution in [0.1, 0.15) is 23.7 Å². The Morgan fingerprint density at radius 1 is 1.03 bits per heavy atom. The van der Waals surface area contributed by atoms with Crippen LogP contribution in [0.25, 0.3) is 0 Å². The lowest BCUT2D eigenvalue weighted by Crippen LogP contribution is -2.47. The molecule has 0 unspecified atom stereocenters. The maximum Gasteiger partial charge on any atom is 0.259 e. The summed E-state index contributed by atoms with van der Waals surface area (Å²) in [6, 6.07) is 13.1. The summed E-state index contributed by atoms with van der Waals surface area (Å²) in [5.74, 6) is 0.587. The number of halogens is 3. The Bertz CT molecular complexity index is 1140. The SMILES string of the molecule is CCc1c(C)nc2n(c1=O)CN(Cc1ccccc1Cl)CN2c1cc(Cl)cc(Cl)c1. The maximum absolute atomic E-state index is 13.2. The van der Waals surface area contributed by atoms with Crippen LogP contribution in [-0.2, 0) is 19.6 Å². The monoisotopic (exact) mass is 462 g/mol. The van der Waals surface area contributed by atoms with Crippen LogP contribution >= 0.6 is 34.8 Å². The predicted octanol–water partition coefficient (Wildman–Crippen LogP) is 5.64. The molecular weight excluding hydrogens is 443 g/mol. The molecule has 0 saturated heterocycles. The molecule has 1 aliphatic rings. The van der Waals surface area contributed by atoms with E-state index in [-0.39, 0.29) is 5.56 Å². The molecule has 1 aromatic heterocycles. The number of rotatable bonds is 4. The standard InChI is InChI=1S/C22H21Cl3N4O/c1-3-19-14(2)26-22-28(18-9-16(23)8-17(24)10-18)12-27(13-29(22)21(19)30)11-15-6-4-5-7-20(15)25/h4-10H,3,11-13H2,1-2H3. The highest BCUT2D eigenvalue weighted by atomic mass is 35.5. The molecule has 156 valence electrons. The zero-order chi connectivity index (χ0) is 21.4. The third-order valence-electron chi connectivity index (χ3n) is 5.24. The van der Waals surface area contributed by atoms with E-state index in [1.54, 1.807) is 10.6 Å². The summed E-state index contributed by atoms with van der Waals surface area (Å²) in [5, 5.41) is 1.75. The highest BCUT2D eigenvalue weighted by Crippen LogP contribution is 2.33. The van der Waals surface area contributed by atoms with Gasteiger partial charge < -0.3 is 0 Å². The van der Waals surface area contributed by atoms with Crippen molar-refractivity contribution in [3.05, 3.63) is 84.7 Å². The number of fused-ring (bicyclic) bond motifs is 1. The number of nitrogens with zero attached hydrogens (tertiary/aromatic N) is 4. The molecule has 2 heterocycles. The van der Waals surface area contributed by atoms with Gasteiger partial charge in [-0.2, -0.15) is 0 Å². The molecule has 0 N–H and O–H groups in total. The Hall–Kier alpha value is -2.05. The molecule has 2 aromatic carbocycles. The Labute approximate surface area is 190 Å². The first-order valence-corrected chi connectivity index (χ1v) is 10.8. The molecule has 30 heavy (non-hydrogen) atoms. The average Bonchev–Trinajstić information content (AvgIpc) is 2.69. The lowest BCUT2D eigenvalue weighted by molar-refractivity contribution is 0.190. The number of anilines is 2. The fourth-order valence-electron chi connectivity index (χ4n) is 3.79. The Kier molecular flexibility index (Phi) is 6.07. The van der Waals surface area contributed by atoms with Crippen molar-refractivity contribution in [1.82, 2.24) is 14.5 Å². The second-order valence-electron chi connectivity index (χ2n) is 7.32. The maximum atomic E-state index is 13.2. The summed E-state index contributed by atoms with van der Waals surface area (Å²) in [4.78, 5) is 22.1. The molecule has 0 atom stereocenters. The van der Waals surface area contributed by atoms with Gasteiger partial charge in [-0.1, -0.05) is 59.9 Å². The number of aromatic nitrogens is 2. The summed E-state index contributed by atoms with van der Waals surface area (Å²) < 4.78 is 1.71. The zero-order valence-corrected chi connectivity index (χ0v) is 19.0. The van der Waals surface area contributed by atoms with Crippen LogP contribution in [0.4, 0.5) is 11.6 Å². The first kappa shape index (κ1) is 21.2. The van der Waals surface area contributed by atoms with Crippen LogP contribution in [0.3, 0.4) is 0 Å². The fourth-order valence-corrected chi connectivity index (χ4v) is 4.50. The molecule has 3 aromatic rings. The Morgan fingerprint density at radius 3 is 2.40 bits per heavy atom. The lowest BCUT2D eigenvalue weighted by atomic mass is 10.2. The number of aryl methyl sites for hydroxylation is 1. The van der Waals surface area contributed by atoms with Crippen molar-refractivity contribution in [2.75, 3.05) is 11.6 Å². The Morgan fingerprint density at radius 2 is 1.73 bits per heavy atom. The highest BCUT2D eigenvalue weighted by molar-refractivity contribution is 6.35.